The molecule has 2 aliphatic rings. The lowest BCUT2D eigenvalue weighted by Gasteiger charge is -2.33. The number of nitrogens with zero attached hydrogens (tertiary/aromatic N) is 5. The van der Waals surface area contributed by atoms with Crippen LogP contribution in [0.1, 0.15) is 60.6 Å². The van der Waals surface area contributed by atoms with E-state index in [9.17, 15) is 22.6 Å². The first-order chi connectivity index (χ1) is 22.3. The molecule has 6 rings (SSSR count). The van der Waals surface area contributed by atoms with Gasteiger partial charge in [0.1, 0.15) is 28.2 Å². The van der Waals surface area contributed by atoms with Gasteiger partial charge < -0.3 is 9.88 Å². The van der Waals surface area contributed by atoms with Crippen LogP contribution in [0.15, 0.2) is 24.3 Å². The Hall–Kier alpha value is -3.18. The number of thiophene rings is 1. The molecule has 0 bridgehead atoms. The molecular weight excluding hydrogens is 644 g/mol. The van der Waals surface area contributed by atoms with E-state index in [0.717, 1.165) is 61.1 Å². The van der Waals surface area contributed by atoms with E-state index in [1.165, 1.54) is 11.1 Å². The molecule has 2 N–H and O–H groups in total. The zero-order valence-corrected chi connectivity index (χ0v) is 28.8. The van der Waals surface area contributed by atoms with Crippen molar-refractivity contribution < 1.29 is 17.4 Å². The molecule has 0 aliphatic carbocycles. The highest BCUT2D eigenvalue weighted by Crippen LogP contribution is 2.35. The fourth-order valence-corrected chi connectivity index (χ4v) is 9.90. The molecule has 5 heterocycles. The minimum atomic E-state index is -4.26. The van der Waals surface area contributed by atoms with Gasteiger partial charge in [0.05, 0.1) is 11.8 Å². The number of benzene rings is 1. The van der Waals surface area contributed by atoms with E-state index in [2.05, 4.69) is 67.4 Å². The largest absolute Gasteiger partial charge is 0.393 e. The van der Waals surface area contributed by atoms with Crippen LogP contribution < -0.4 is 10.0 Å². The molecule has 13 heteroatoms. The molecule has 2 saturated heterocycles. The van der Waals surface area contributed by atoms with Crippen molar-refractivity contribution in [3.05, 3.63) is 51.8 Å². The first-order valence-corrected chi connectivity index (χ1v) is 19.0. The summed E-state index contributed by atoms with van der Waals surface area (Å²) in [7, 11) is -2.25. The number of nitrogens with one attached hydrogen (secondary N) is 2. The predicted octanol–water partition coefficient (Wildman–Crippen LogP) is 6.45. The van der Waals surface area contributed by atoms with E-state index < -0.39 is 22.3 Å². The van der Waals surface area contributed by atoms with Crippen LogP contribution in [0.2, 0.25) is 0 Å². The first kappa shape index (κ1) is 33.7. The molecule has 3 atom stereocenters. The lowest BCUT2D eigenvalue weighted by atomic mass is 9.92. The quantitative estimate of drug-likeness (QED) is 0.197. The third-order valence-corrected chi connectivity index (χ3v) is 12.4. The lowest BCUT2D eigenvalue weighted by molar-refractivity contribution is -0.126. The average molecular weight is 686 g/mol. The summed E-state index contributed by atoms with van der Waals surface area (Å²) in [6.45, 7) is 10.2. The third-order valence-electron chi connectivity index (χ3n) is 9.72. The average Bonchev–Trinajstić information content (AvgIpc) is 3.58. The van der Waals surface area contributed by atoms with Gasteiger partial charge >= 0.3 is 6.18 Å². The first-order valence-electron chi connectivity index (χ1n) is 16.3. The Kier molecular flexibility index (Phi) is 9.60. The van der Waals surface area contributed by atoms with E-state index in [1.807, 2.05) is 13.0 Å². The van der Waals surface area contributed by atoms with Gasteiger partial charge in [0.15, 0.2) is 0 Å². The monoisotopic (exact) mass is 685 g/mol. The summed E-state index contributed by atoms with van der Waals surface area (Å²) in [5.41, 5.74) is 4.10. The van der Waals surface area contributed by atoms with Crippen LogP contribution in [0.3, 0.4) is 0 Å². The lowest BCUT2D eigenvalue weighted by Crippen LogP contribution is -2.40. The number of likely N-dealkylation sites (tertiary alicyclic amines) is 1. The number of fused-ring (bicyclic) bond motifs is 2. The zero-order valence-electron chi connectivity index (χ0n) is 27.1. The molecule has 2 unspecified atom stereocenters. The molecule has 2 fully saturated rings. The van der Waals surface area contributed by atoms with Gasteiger partial charge in [-0.05, 0) is 73.2 Å². The highest BCUT2D eigenvalue weighted by Gasteiger charge is 2.30. The summed E-state index contributed by atoms with van der Waals surface area (Å²) < 4.78 is 57.0. The van der Waals surface area contributed by atoms with Gasteiger partial charge in [-0.25, -0.2) is 14.7 Å². The second kappa shape index (κ2) is 13.4. The number of hydrogen-bond donors (Lipinski definition) is 2. The number of aromatic nitrogens is 3. The van der Waals surface area contributed by atoms with Crippen molar-refractivity contribution in [3.8, 4) is 6.07 Å². The minimum Gasteiger partial charge on any atom is -0.367 e. The smallest absolute Gasteiger partial charge is 0.367 e. The Morgan fingerprint density at radius 3 is 2.66 bits per heavy atom. The van der Waals surface area contributed by atoms with Crippen molar-refractivity contribution in [2.24, 2.45) is 11.8 Å². The van der Waals surface area contributed by atoms with Gasteiger partial charge in [0.2, 0.25) is 0 Å². The molecule has 0 spiro atoms. The summed E-state index contributed by atoms with van der Waals surface area (Å²) in [5.74, 6) is 6.23. The standard InChI is InChI=1S/C34H42F3N7OS2/c1-5-31-41-32(29-15-27(16-34(35,36)37)46-33(29)42-31)40-25-9-12-43(13-10-25)19-23-6-7-30-28(22(23)3)14-26(17-38)44(30)18-21(2)24-8-11-39-47(4,45)20-24/h6-7,14-15,21,24-25H,4-5,8-13,16,18-20H2,1-3H3,(H,39,45)(H,40,41,42)/t21-,24?,47?/m0/s1. The molecule has 3 aromatic heterocycles. The Balaban J connectivity index is 1.12. The molecule has 0 radical (unpaired) electrons. The van der Waals surface area contributed by atoms with Crippen LogP contribution in [0.4, 0.5) is 19.0 Å². The van der Waals surface area contributed by atoms with Gasteiger partial charge in [0.25, 0.3) is 0 Å². The van der Waals surface area contributed by atoms with Crippen LogP contribution in [0.5, 0.6) is 0 Å². The summed E-state index contributed by atoms with van der Waals surface area (Å²) in [6, 6.07) is 10.5. The third kappa shape index (κ3) is 7.61. The van der Waals surface area contributed by atoms with Crippen LogP contribution >= 0.6 is 11.3 Å². The minimum absolute atomic E-state index is 0.162. The maximum absolute atomic E-state index is 13.1. The van der Waals surface area contributed by atoms with Crippen molar-refractivity contribution in [1.29, 1.82) is 5.26 Å². The molecule has 1 aromatic carbocycles. The second-order valence-corrected chi connectivity index (χ2v) is 16.6. The Labute approximate surface area is 278 Å². The van der Waals surface area contributed by atoms with E-state index in [0.29, 0.717) is 52.8 Å². The summed E-state index contributed by atoms with van der Waals surface area (Å²) in [4.78, 5) is 12.4. The molecule has 0 amide bonds. The van der Waals surface area contributed by atoms with E-state index in [-0.39, 0.29) is 22.8 Å². The number of rotatable bonds is 9. The van der Waals surface area contributed by atoms with Gasteiger partial charge in [-0.2, -0.15) is 18.4 Å². The second-order valence-electron chi connectivity index (χ2n) is 13.2. The number of alkyl halides is 3. The van der Waals surface area contributed by atoms with Crippen molar-refractivity contribution in [3.63, 3.8) is 0 Å². The predicted molar refractivity (Wildman–Crippen MR) is 185 cm³/mol. The van der Waals surface area contributed by atoms with Gasteiger partial charge in [-0.15, -0.1) is 11.3 Å². The number of aryl methyl sites for hydroxylation is 2. The van der Waals surface area contributed by atoms with Crippen molar-refractivity contribution >= 4 is 53.9 Å². The zero-order chi connectivity index (χ0) is 33.5. The van der Waals surface area contributed by atoms with Crippen molar-refractivity contribution in [1.82, 2.24) is 24.2 Å². The number of piperidine rings is 1. The maximum atomic E-state index is 13.1. The molecule has 2 aliphatic heterocycles. The Morgan fingerprint density at radius 1 is 1.21 bits per heavy atom. The molecule has 8 nitrogen and oxygen atoms in total. The number of nitriles is 1. The number of hydrogen-bond acceptors (Lipinski definition) is 7. The molecule has 47 heavy (non-hydrogen) atoms. The van der Waals surface area contributed by atoms with Crippen LogP contribution in [-0.4, -0.2) is 67.1 Å². The Bertz CT molecular complexity index is 1920. The Morgan fingerprint density at radius 2 is 1.98 bits per heavy atom. The van der Waals surface area contributed by atoms with Crippen molar-refractivity contribution in [2.75, 3.05) is 30.7 Å². The van der Waals surface area contributed by atoms with E-state index in [4.69, 9.17) is 0 Å². The topological polar surface area (TPSA) is 98.9 Å². The van der Waals surface area contributed by atoms with Gasteiger partial charge in [-0.3, -0.25) is 9.11 Å². The SMILES string of the molecule is C=S1(=O)CC([C@@H](C)Cn2c(C#N)cc3c(C)c(CN4CCC(Nc5nc(CC)nc6sc(CC(F)(F)F)cc56)CC4)ccc32)CCN1. The molecule has 252 valence electrons. The van der Waals surface area contributed by atoms with Crippen molar-refractivity contribution in [2.45, 2.75) is 78.2 Å². The number of halogens is 3. The van der Waals surface area contributed by atoms with E-state index in [1.54, 1.807) is 6.07 Å². The fourth-order valence-electron chi connectivity index (χ4n) is 7.02. The van der Waals surface area contributed by atoms with Crippen LogP contribution in [-0.2, 0) is 35.6 Å². The van der Waals surface area contributed by atoms with E-state index >= 15 is 0 Å². The molecular formula is C34H42F3N7OS2. The normalized spacial score (nSPS) is 22.1. The van der Waals surface area contributed by atoms with Gasteiger partial charge in [0, 0.05) is 76.4 Å². The molecule has 4 aromatic rings. The fraction of sp³-hybridized carbons (Fsp3) is 0.529. The van der Waals surface area contributed by atoms with Crippen LogP contribution in [0, 0.1) is 30.1 Å². The summed E-state index contributed by atoms with van der Waals surface area (Å²) in [5, 5.41) is 15.3. The van der Waals surface area contributed by atoms with Crippen LogP contribution in [0.25, 0.3) is 21.1 Å². The molecule has 0 saturated carbocycles. The number of anilines is 1. The highest BCUT2D eigenvalue weighted by molar-refractivity contribution is 7.98. The highest BCUT2D eigenvalue weighted by atomic mass is 32.2. The summed E-state index contributed by atoms with van der Waals surface area (Å²) >= 11 is 1.09. The van der Waals surface area contributed by atoms with Gasteiger partial charge in [-0.1, -0.05) is 19.9 Å². The summed E-state index contributed by atoms with van der Waals surface area (Å²) in [6.07, 6.45) is -1.90. The maximum Gasteiger partial charge on any atom is 0.393 e.